The van der Waals surface area contributed by atoms with Crippen molar-refractivity contribution in [3.8, 4) is 0 Å². The Labute approximate surface area is 150 Å². The summed E-state index contributed by atoms with van der Waals surface area (Å²) in [7, 11) is 1.46. The Bertz CT molecular complexity index is 544. The lowest BCUT2D eigenvalue weighted by molar-refractivity contribution is -0.133. The van der Waals surface area contributed by atoms with Gasteiger partial charge in [0.2, 0.25) is 5.91 Å². The van der Waals surface area contributed by atoms with E-state index in [1.807, 2.05) is 9.80 Å². The van der Waals surface area contributed by atoms with Crippen molar-refractivity contribution in [3.05, 3.63) is 0 Å². The molecule has 1 unspecified atom stereocenters. The van der Waals surface area contributed by atoms with E-state index in [2.05, 4.69) is 18.7 Å². The highest BCUT2D eigenvalue weighted by molar-refractivity contribution is 5.82. The van der Waals surface area contributed by atoms with Crippen molar-refractivity contribution in [3.63, 3.8) is 0 Å². The normalized spacial score (nSPS) is 35.4. The molecular formula is C19H31N3O3. The third-order valence-electron chi connectivity index (χ3n) is 7.26. The Balaban J connectivity index is 1.26. The number of rotatable bonds is 4. The zero-order chi connectivity index (χ0) is 17.8. The number of ether oxygens (including phenoxy) is 1. The first kappa shape index (κ1) is 17.1. The lowest BCUT2D eigenvalue weighted by Gasteiger charge is -2.47. The van der Waals surface area contributed by atoms with Gasteiger partial charge >= 0.3 is 6.09 Å². The molecule has 25 heavy (non-hydrogen) atoms. The van der Waals surface area contributed by atoms with Crippen LogP contribution in [0.1, 0.15) is 33.1 Å². The van der Waals surface area contributed by atoms with Gasteiger partial charge in [0, 0.05) is 56.6 Å². The van der Waals surface area contributed by atoms with Crippen molar-refractivity contribution < 1.29 is 14.3 Å². The minimum Gasteiger partial charge on any atom is -0.453 e. The van der Waals surface area contributed by atoms with E-state index in [4.69, 9.17) is 4.74 Å². The van der Waals surface area contributed by atoms with Gasteiger partial charge in [-0.1, -0.05) is 0 Å². The van der Waals surface area contributed by atoms with Crippen LogP contribution in [-0.4, -0.2) is 79.1 Å². The number of hydrogen-bond acceptors (Lipinski definition) is 4. The van der Waals surface area contributed by atoms with Gasteiger partial charge in [0.1, 0.15) is 0 Å². The molecule has 0 N–H and O–H groups in total. The molecule has 2 saturated carbocycles. The van der Waals surface area contributed by atoms with Gasteiger partial charge in [-0.25, -0.2) is 4.79 Å². The Hall–Kier alpha value is -1.30. The molecule has 2 amide bonds. The monoisotopic (exact) mass is 349 g/mol. The maximum atomic E-state index is 12.6. The van der Waals surface area contributed by atoms with Gasteiger partial charge in [-0.05, 0) is 44.9 Å². The molecule has 2 aliphatic carbocycles. The van der Waals surface area contributed by atoms with Crippen LogP contribution in [0.2, 0.25) is 0 Å². The molecule has 6 heteroatoms. The number of carbonyl (C=O) groups is 2. The fourth-order valence-electron chi connectivity index (χ4n) is 5.77. The first-order chi connectivity index (χ1) is 12.0. The fourth-order valence-corrected chi connectivity index (χ4v) is 5.77. The van der Waals surface area contributed by atoms with Crippen LogP contribution < -0.4 is 0 Å². The van der Waals surface area contributed by atoms with E-state index in [-0.39, 0.29) is 6.09 Å². The van der Waals surface area contributed by atoms with Crippen LogP contribution >= 0.6 is 0 Å². The molecule has 0 radical (unpaired) electrons. The molecule has 0 aromatic heterocycles. The van der Waals surface area contributed by atoms with Crippen LogP contribution in [0.25, 0.3) is 0 Å². The van der Waals surface area contributed by atoms with Crippen molar-refractivity contribution in [2.45, 2.75) is 39.2 Å². The molecule has 0 aromatic carbocycles. The summed E-state index contributed by atoms with van der Waals surface area (Å²) in [5.74, 6) is 1.87. The predicted molar refractivity (Wildman–Crippen MR) is 94.0 cm³/mol. The first-order valence-corrected chi connectivity index (χ1v) is 9.87. The molecule has 2 aliphatic heterocycles. The highest BCUT2D eigenvalue weighted by atomic mass is 16.5. The third kappa shape index (κ3) is 2.73. The topological polar surface area (TPSA) is 53.1 Å². The highest BCUT2D eigenvalue weighted by Gasteiger charge is 2.62. The summed E-state index contributed by atoms with van der Waals surface area (Å²) in [6.45, 7) is 9.72. The second-order valence-electron chi connectivity index (χ2n) is 8.54. The Morgan fingerprint density at radius 1 is 1.16 bits per heavy atom. The highest BCUT2D eigenvalue weighted by Crippen LogP contribution is 2.55. The van der Waals surface area contributed by atoms with Gasteiger partial charge in [0.15, 0.2) is 0 Å². The number of likely N-dealkylation sites (tertiary alicyclic amines) is 2. The molecule has 140 valence electrons. The van der Waals surface area contributed by atoms with Crippen LogP contribution in [0.5, 0.6) is 0 Å². The van der Waals surface area contributed by atoms with Gasteiger partial charge < -0.3 is 14.5 Å². The summed E-state index contributed by atoms with van der Waals surface area (Å²) in [6.07, 6.45) is 3.48. The van der Waals surface area contributed by atoms with Crippen molar-refractivity contribution in [2.75, 3.05) is 46.4 Å². The Morgan fingerprint density at radius 3 is 2.36 bits per heavy atom. The average molecular weight is 349 g/mol. The molecule has 0 aromatic rings. The zero-order valence-corrected chi connectivity index (χ0v) is 15.7. The fraction of sp³-hybridized carbons (Fsp3) is 0.895. The smallest absolute Gasteiger partial charge is 0.409 e. The number of fused-ring (bicyclic) bond motifs is 1. The van der Waals surface area contributed by atoms with Crippen molar-refractivity contribution >= 4 is 12.0 Å². The van der Waals surface area contributed by atoms with E-state index < -0.39 is 0 Å². The van der Waals surface area contributed by atoms with E-state index in [1.54, 1.807) is 0 Å². The number of piperidine rings is 1. The molecule has 2 saturated heterocycles. The van der Waals surface area contributed by atoms with E-state index >= 15 is 0 Å². The summed E-state index contributed by atoms with van der Waals surface area (Å²) in [5, 5.41) is 0. The van der Waals surface area contributed by atoms with Crippen molar-refractivity contribution in [2.24, 2.45) is 23.2 Å². The van der Waals surface area contributed by atoms with Crippen molar-refractivity contribution in [1.82, 2.24) is 14.7 Å². The maximum Gasteiger partial charge on any atom is 0.409 e. The Kier molecular flexibility index (Phi) is 4.21. The predicted octanol–water partition coefficient (Wildman–Crippen LogP) is 1.65. The zero-order valence-electron chi connectivity index (χ0n) is 15.7. The molecule has 1 spiro atoms. The number of hydrogen-bond donors (Lipinski definition) is 0. The maximum absolute atomic E-state index is 12.6. The lowest BCUT2D eigenvalue weighted by atomic mass is 9.78. The third-order valence-corrected chi connectivity index (χ3v) is 7.26. The summed E-state index contributed by atoms with van der Waals surface area (Å²) < 4.78 is 4.82. The standard InChI is InChI=1S/C19H31N3O3/c1-4-20(5-2)17(23)16-14-9-21(10-15(14)16)13-6-7-19(8-13)11-22(12-19)18(24)25-3/h13-16H,4-12H2,1-3H3/t13?,14-,15+,16-. The van der Waals surface area contributed by atoms with Gasteiger partial charge in [-0.15, -0.1) is 0 Å². The van der Waals surface area contributed by atoms with Gasteiger partial charge in [0.05, 0.1) is 7.11 Å². The molecule has 2 heterocycles. The van der Waals surface area contributed by atoms with Crippen LogP contribution in [-0.2, 0) is 9.53 Å². The molecule has 6 nitrogen and oxygen atoms in total. The van der Waals surface area contributed by atoms with Crippen LogP contribution in [0, 0.1) is 23.2 Å². The molecule has 4 fully saturated rings. The van der Waals surface area contributed by atoms with Crippen LogP contribution in [0.3, 0.4) is 0 Å². The summed E-state index contributed by atoms with van der Waals surface area (Å²) in [5.41, 5.74) is 0.335. The van der Waals surface area contributed by atoms with E-state index in [0.29, 0.717) is 35.1 Å². The summed E-state index contributed by atoms with van der Waals surface area (Å²) in [6, 6.07) is 0.650. The summed E-state index contributed by atoms with van der Waals surface area (Å²) >= 11 is 0. The molecule has 4 rings (SSSR count). The van der Waals surface area contributed by atoms with E-state index in [1.165, 1.54) is 26.4 Å². The largest absolute Gasteiger partial charge is 0.453 e. The molecule has 4 atom stereocenters. The Morgan fingerprint density at radius 2 is 1.80 bits per heavy atom. The second-order valence-corrected chi connectivity index (χ2v) is 8.54. The number of amides is 2. The molecule has 4 aliphatic rings. The SMILES string of the molecule is CCN(CC)C(=O)[C@@H]1[C@@H]2CN(C3CCC4(C3)CN(C(=O)OC)C4)C[C@@H]21. The summed E-state index contributed by atoms with van der Waals surface area (Å²) in [4.78, 5) is 30.6. The lowest BCUT2D eigenvalue weighted by Crippen LogP contribution is -2.57. The van der Waals surface area contributed by atoms with Crippen LogP contribution in [0.15, 0.2) is 0 Å². The van der Waals surface area contributed by atoms with Gasteiger partial charge in [-0.2, -0.15) is 0 Å². The van der Waals surface area contributed by atoms with E-state index in [0.717, 1.165) is 39.3 Å². The van der Waals surface area contributed by atoms with Gasteiger partial charge in [0.25, 0.3) is 0 Å². The average Bonchev–Trinajstić information content (AvgIpc) is 2.94. The number of nitrogens with zero attached hydrogens (tertiary/aromatic N) is 3. The number of methoxy groups -OCH3 is 1. The second kappa shape index (κ2) is 6.15. The minimum atomic E-state index is -0.186. The molecular weight excluding hydrogens is 318 g/mol. The van der Waals surface area contributed by atoms with Gasteiger partial charge in [-0.3, -0.25) is 9.69 Å². The minimum absolute atomic E-state index is 0.186. The quantitative estimate of drug-likeness (QED) is 0.774. The number of carbonyl (C=O) groups excluding carboxylic acids is 2. The van der Waals surface area contributed by atoms with Crippen molar-refractivity contribution in [1.29, 1.82) is 0 Å². The first-order valence-electron chi connectivity index (χ1n) is 9.87. The molecule has 0 bridgehead atoms. The van der Waals surface area contributed by atoms with E-state index in [9.17, 15) is 9.59 Å². The van der Waals surface area contributed by atoms with Crippen LogP contribution in [0.4, 0.5) is 4.79 Å².